The molecule has 0 aliphatic heterocycles. The van der Waals surface area contributed by atoms with E-state index in [0.29, 0.717) is 22.5 Å². The fourth-order valence-corrected chi connectivity index (χ4v) is 2.05. The normalized spacial score (nSPS) is 10.3. The zero-order chi connectivity index (χ0) is 15.6. The number of esters is 1. The van der Waals surface area contributed by atoms with E-state index in [1.54, 1.807) is 56.2 Å². The number of nitrogens with zero attached hydrogens (tertiary/aromatic N) is 3. The Hall–Kier alpha value is -2.63. The van der Waals surface area contributed by atoms with E-state index in [2.05, 4.69) is 9.84 Å². The second-order valence-electron chi connectivity index (χ2n) is 4.70. The Bertz CT molecular complexity index is 674. The molecule has 2 aromatic rings. The summed E-state index contributed by atoms with van der Waals surface area (Å²) in [5.41, 5.74) is 2.37. The molecule has 0 saturated heterocycles. The lowest BCUT2D eigenvalue weighted by atomic mass is 10.1. The summed E-state index contributed by atoms with van der Waals surface area (Å²) in [6.07, 6.45) is 1.69. The Kier molecular flexibility index (Phi) is 4.07. The molecule has 0 bridgehead atoms. The Morgan fingerprint density at radius 2 is 1.86 bits per heavy atom. The third kappa shape index (κ3) is 2.94. The van der Waals surface area contributed by atoms with Gasteiger partial charge in [-0.15, -0.1) is 0 Å². The van der Waals surface area contributed by atoms with Crippen molar-refractivity contribution in [2.45, 2.75) is 6.92 Å². The van der Waals surface area contributed by atoms with Gasteiger partial charge in [-0.3, -0.25) is 9.48 Å². The van der Waals surface area contributed by atoms with Gasteiger partial charge in [-0.25, -0.2) is 4.79 Å². The van der Waals surface area contributed by atoms with Crippen LogP contribution in [0, 0.1) is 6.92 Å². The van der Waals surface area contributed by atoms with Crippen molar-refractivity contribution < 1.29 is 14.3 Å². The van der Waals surface area contributed by atoms with Gasteiger partial charge in [0.2, 0.25) is 0 Å². The summed E-state index contributed by atoms with van der Waals surface area (Å²) in [6, 6.07) is 6.66. The molecule has 110 valence electrons. The average molecular weight is 287 g/mol. The Morgan fingerprint density at radius 3 is 2.33 bits per heavy atom. The molecule has 0 atom stereocenters. The predicted molar refractivity (Wildman–Crippen MR) is 78.5 cm³/mol. The molecule has 0 N–H and O–H groups in total. The summed E-state index contributed by atoms with van der Waals surface area (Å²) in [5, 5.41) is 4.16. The first kappa shape index (κ1) is 14.8. The molecule has 2 rings (SSSR count). The van der Waals surface area contributed by atoms with Crippen LogP contribution in [0.1, 0.15) is 26.4 Å². The van der Waals surface area contributed by atoms with Crippen LogP contribution < -0.4 is 4.90 Å². The van der Waals surface area contributed by atoms with Gasteiger partial charge < -0.3 is 9.64 Å². The summed E-state index contributed by atoms with van der Waals surface area (Å²) in [4.78, 5) is 25.3. The summed E-state index contributed by atoms with van der Waals surface area (Å²) >= 11 is 0. The van der Waals surface area contributed by atoms with Crippen LogP contribution >= 0.6 is 0 Å². The van der Waals surface area contributed by atoms with Gasteiger partial charge in [0, 0.05) is 26.0 Å². The van der Waals surface area contributed by atoms with Crippen LogP contribution in [0.4, 0.5) is 5.69 Å². The second-order valence-corrected chi connectivity index (χ2v) is 4.70. The molecule has 1 aromatic carbocycles. The highest BCUT2D eigenvalue weighted by Gasteiger charge is 2.18. The number of hydrogen-bond donors (Lipinski definition) is 0. The molecule has 1 heterocycles. The SMILES string of the molecule is COC(=O)c1ccc(N(C)C(=O)c2cn(C)nc2C)cc1. The Morgan fingerprint density at radius 1 is 1.24 bits per heavy atom. The summed E-state index contributed by atoms with van der Waals surface area (Å²) < 4.78 is 6.25. The molecule has 0 aliphatic carbocycles. The van der Waals surface area contributed by atoms with Gasteiger partial charge in [-0.2, -0.15) is 5.10 Å². The van der Waals surface area contributed by atoms with Crippen LogP contribution in [0.5, 0.6) is 0 Å². The van der Waals surface area contributed by atoms with Crippen molar-refractivity contribution in [1.82, 2.24) is 9.78 Å². The molecule has 0 aliphatic rings. The third-order valence-corrected chi connectivity index (χ3v) is 3.22. The zero-order valence-corrected chi connectivity index (χ0v) is 12.5. The number of methoxy groups -OCH3 is 1. The number of ether oxygens (including phenoxy) is 1. The van der Waals surface area contributed by atoms with Crippen molar-refractivity contribution in [2.24, 2.45) is 7.05 Å². The third-order valence-electron chi connectivity index (χ3n) is 3.22. The minimum absolute atomic E-state index is 0.147. The van der Waals surface area contributed by atoms with Crippen LogP contribution in [0.2, 0.25) is 0 Å². The lowest BCUT2D eigenvalue weighted by Crippen LogP contribution is -2.26. The standard InChI is InChI=1S/C15H17N3O3/c1-10-13(9-17(2)16-10)14(19)18(3)12-7-5-11(6-8-12)15(20)21-4/h5-9H,1-4H3. The molecule has 1 aromatic heterocycles. The Balaban J connectivity index is 2.23. The molecule has 0 unspecified atom stereocenters. The molecule has 6 nitrogen and oxygen atoms in total. The van der Waals surface area contributed by atoms with E-state index in [-0.39, 0.29) is 5.91 Å². The molecule has 0 fully saturated rings. The largest absolute Gasteiger partial charge is 0.465 e. The van der Waals surface area contributed by atoms with Crippen molar-refractivity contribution in [3.63, 3.8) is 0 Å². The first-order valence-corrected chi connectivity index (χ1v) is 6.40. The number of carbonyl (C=O) groups excluding carboxylic acids is 2. The number of amides is 1. The lowest BCUT2D eigenvalue weighted by Gasteiger charge is -2.17. The lowest BCUT2D eigenvalue weighted by molar-refractivity contribution is 0.0600. The highest BCUT2D eigenvalue weighted by atomic mass is 16.5. The molecule has 0 spiro atoms. The fourth-order valence-electron chi connectivity index (χ4n) is 2.05. The van der Waals surface area contributed by atoms with E-state index >= 15 is 0 Å². The van der Waals surface area contributed by atoms with Gasteiger partial charge in [-0.1, -0.05) is 0 Å². The maximum absolute atomic E-state index is 12.4. The van der Waals surface area contributed by atoms with Crippen LogP contribution in [-0.2, 0) is 11.8 Å². The van der Waals surface area contributed by atoms with Gasteiger partial charge >= 0.3 is 5.97 Å². The number of aromatic nitrogens is 2. The van der Waals surface area contributed by atoms with Crippen LogP contribution in [0.3, 0.4) is 0 Å². The average Bonchev–Trinajstić information content (AvgIpc) is 2.83. The molecule has 21 heavy (non-hydrogen) atoms. The monoisotopic (exact) mass is 287 g/mol. The molecular weight excluding hydrogens is 270 g/mol. The van der Waals surface area contributed by atoms with E-state index in [1.807, 2.05) is 0 Å². The zero-order valence-electron chi connectivity index (χ0n) is 12.5. The molecule has 6 heteroatoms. The summed E-state index contributed by atoms with van der Waals surface area (Å²) in [6.45, 7) is 1.79. The summed E-state index contributed by atoms with van der Waals surface area (Å²) in [5.74, 6) is -0.551. The quantitative estimate of drug-likeness (QED) is 0.807. The number of aryl methyl sites for hydroxylation is 2. The number of rotatable bonds is 3. The fraction of sp³-hybridized carbons (Fsp3) is 0.267. The van der Waals surface area contributed by atoms with Gasteiger partial charge in [-0.05, 0) is 31.2 Å². The van der Waals surface area contributed by atoms with E-state index < -0.39 is 5.97 Å². The van der Waals surface area contributed by atoms with E-state index in [9.17, 15) is 9.59 Å². The van der Waals surface area contributed by atoms with Gasteiger partial charge in [0.1, 0.15) is 0 Å². The predicted octanol–water partition coefficient (Wildman–Crippen LogP) is 1.79. The molecular formula is C15H17N3O3. The van der Waals surface area contributed by atoms with Crippen molar-refractivity contribution in [3.05, 3.63) is 47.3 Å². The first-order chi connectivity index (χ1) is 9.93. The van der Waals surface area contributed by atoms with Crippen LogP contribution in [0.25, 0.3) is 0 Å². The highest BCUT2D eigenvalue weighted by Crippen LogP contribution is 2.18. The molecule has 1 amide bonds. The molecule has 0 radical (unpaired) electrons. The Labute approximate surface area is 122 Å². The number of hydrogen-bond acceptors (Lipinski definition) is 4. The smallest absolute Gasteiger partial charge is 0.337 e. The van der Waals surface area contributed by atoms with E-state index in [0.717, 1.165) is 0 Å². The second kappa shape index (κ2) is 5.78. The maximum atomic E-state index is 12.4. The molecule has 0 saturated carbocycles. The number of carbonyl (C=O) groups is 2. The van der Waals surface area contributed by atoms with E-state index in [4.69, 9.17) is 0 Å². The van der Waals surface area contributed by atoms with Crippen LogP contribution in [0.15, 0.2) is 30.5 Å². The van der Waals surface area contributed by atoms with Crippen molar-refractivity contribution in [2.75, 3.05) is 19.1 Å². The highest BCUT2D eigenvalue weighted by molar-refractivity contribution is 6.06. The van der Waals surface area contributed by atoms with Crippen molar-refractivity contribution in [3.8, 4) is 0 Å². The minimum Gasteiger partial charge on any atom is -0.465 e. The first-order valence-electron chi connectivity index (χ1n) is 6.40. The maximum Gasteiger partial charge on any atom is 0.337 e. The summed E-state index contributed by atoms with van der Waals surface area (Å²) in [7, 11) is 4.79. The minimum atomic E-state index is -0.404. The van der Waals surface area contributed by atoms with Gasteiger partial charge in [0.25, 0.3) is 5.91 Å². The van der Waals surface area contributed by atoms with Crippen molar-refractivity contribution >= 4 is 17.6 Å². The number of anilines is 1. The van der Waals surface area contributed by atoms with Crippen molar-refractivity contribution in [1.29, 1.82) is 0 Å². The van der Waals surface area contributed by atoms with Gasteiger partial charge in [0.05, 0.1) is 23.9 Å². The van der Waals surface area contributed by atoms with E-state index in [1.165, 1.54) is 12.0 Å². The van der Waals surface area contributed by atoms with Gasteiger partial charge in [0.15, 0.2) is 0 Å². The van der Waals surface area contributed by atoms with Crippen LogP contribution in [-0.4, -0.2) is 35.8 Å². The number of benzene rings is 1. The topological polar surface area (TPSA) is 64.4 Å².